The number of rotatable bonds is 2. The van der Waals surface area contributed by atoms with Crippen LogP contribution < -0.4 is 0 Å². The van der Waals surface area contributed by atoms with Gasteiger partial charge >= 0.3 is 0 Å². The fourth-order valence-corrected chi connectivity index (χ4v) is 6.38. The SMILES string of the molecule is N#Cc1ccc2oc3cc4oc5ccc(-c6ccccc6-n6c7ccccc7c7ccccc76)cc5c4cc3c2c1. The van der Waals surface area contributed by atoms with E-state index in [0.29, 0.717) is 5.56 Å². The standard InChI is InChI=1S/C37H20N2O2/c38-21-22-13-15-34-27(17-22)29-19-30-28-18-23(14-16-35(28)41-37(30)20-36(29)40-34)24-7-1-4-10-31(24)39-32-11-5-2-8-25(32)26-9-3-6-12-33(26)39/h1-20H. The van der Waals surface area contributed by atoms with Crippen molar-refractivity contribution in [3.8, 4) is 22.9 Å². The summed E-state index contributed by atoms with van der Waals surface area (Å²) < 4.78 is 14.8. The Morgan fingerprint density at radius 2 is 1.07 bits per heavy atom. The lowest BCUT2D eigenvalue weighted by molar-refractivity contribution is 0.656. The molecule has 0 saturated heterocycles. The number of aromatic nitrogens is 1. The smallest absolute Gasteiger partial charge is 0.139 e. The number of fused-ring (bicyclic) bond motifs is 9. The van der Waals surface area contributed by atoms with Gasteiger partial charge in [0.15, 0.2) is 0 Å². The van der Waals surface area contributed by atoms with Gasteiger partial charge < -0.3 is 13.4 Å². The minimum atomic E-state index is 0.612. The number of hydrogen-bond donors (Lipinski definition) is 0. The second kappa shape index (κ2) is 8.11. The average Bonchev–Trinajstić information content (AvgIpc) is 3.68. The van der Waals surface area contributed by atoms with Crippen LogP contribution in [0.2, 0.25) is 0 Å². The van der Waals surface area contributed by atoms with Gasteiger partial charge in [0.1, 0.15) is 22.3 Å². The van der Waals surface area contributed by atoms with Gasteiger partial charge in [-0.2, -0.15) is 5.26 Å². The van der Waals surface area contributed by atoms with E-state index in [1.165, 1.54) is 21.8 Å². The molecule has 0 spiro atoms. The normalized spacial score (nSPS) is 11.9. The van der Waals surface area contributed by atoms with E-state index in [2.05, 4.69) is 108 Å². The maximum atomic E-state index is 9.44. The van der Waals surface area contributed by atoms with Crippen molar-refractivity contribution in [1.29, 1.82) is 5.26 Å². The van der Waals surface area contributed by atoms with Gasteiger partial charge in [0.2, 0.25) is 0 Å². The van der Waals surface area contributed by atoms with Crippen molar-refractivity contribution < 1.29 is 8.83 Å². The first kappa shape index (κ1) is 22.1. The summed E-state index contributed by atoms with van der Waals surface area (Å²) in [5.41, 5.74) is 9.47. The summed E-state index contributed by atoms with van der Waals surface area (Å²) in [4.78, 5) is 0. The monoisotopic (exact) mass is 524 g/mol. The summed E-state index contributed by atoms with van der Waals surface area (Å²) in [6, 6.07) is 44.0. The molecule has 0 amide bonds. The number of nitrogens with zero attached hydrogens (tertiary/aromatic N) is 2. The van der Waals surface area contributed by atoms with Gasteiger partial charge in [0.25, 0.3) is 0 Å². The highest BCUT2D eigenvalue weighted by Gasteiger charge is 2.17. The molecule has 41 heavy (non-hydrogen) atoms. The Morgan fingerprint density at radius 1 is 0.488 bits per heavy atom. The number of furan rings is 2. The molecule has 0 N–H and O–H groups in total. The Bertz CT molecular complexity index is 2500. The number of hydrogen-bond acceptors (Lipinski definition) is 3. The molecule has 4 nitrogen and oxygen atoms in total. The average molecular weight is 525 g/mol. The molecule has 0 aliphatic carbocycles. The Balaban J connectivity index is 1.30. The van der Waals surface area contributed by atoms with Crippen molar-refractivity contribution in [2.75, 3.05) is 0 Å². The van der Waals surface area contributed by atoms with Crippen LogP contribution in [-0.2, 0) is 0 Å². The fraction of sp³-hybridized carbons (Fsp3) is 0. The fourth-order valence-electron chi connectivity index (χ4n) is 6.38. The van der Waals surface area contributed by atoms with Gasteiger partial charge in [-0.1, -0.05) is 60.7 Å². The number of para-hydroxylation sites is 3. The van der Waals surface area contributed by atoms with Crippen LogP contribution in [0.1, 0.15) is 5.56 Å². The highest BCUT2D eigenvalue weighted by atomic mass is 16.3. The van der Waals surface area contributed by atoms with Crippen LogP contribution >= 0.6 is 0 Å². The van der Waals surface area contributed by atoms with Crippen molar-refractivity contribution in [2.24, 2.45) is 0 Å². The molecule has 9 aromatic rings. The van der Waals surface area contributed by atoms with Gasteiger partial charge in [-0.05, 0) is 60.2 Å². The summed E-state index contributed by atoms with van der Waals surface area (Å²) >= 11 is 0. The van der Waals surface area contributed by atoms with Crippen LogP contribution in [-0.4, -0.2) is 4.57 Å². The topological polar surface area (TPSA) is 55.0 Å². The third-order valence-electron chi connectivity index (χ3n) is 8.23. The third-order valence-corrected chi connectivity index (χ3v) is 8.23. The highest BCUT2D eigenvalue weighted by molar-refractivity contribution is 6.16. The maximum Gasteiger partial charge on any atom is 0.139 e. The molecule has 0 aliphatic heterocycles. The molecule has 0 unspecified atom stereocenters. The Hall–Kier alpha value is -5.79. The van der Waals surface area contributed by atoms with E-state index in [4.69, 9.17) is 8.83 Å². The first-order chi connectivity index (χ1) is 20.3. The molecule has 0 saturated carbocycles. The van der Waals surface area contributed by atoms with E-state index in [1.54, 1.807) is 6.07 Å². The van der Waals surface area contributed by atoms with Crippen LogP contribution in [0.15, 0.2) is 130 Å². The van der Waals surface area contributed by atoms with E-state index < -0.39 is 0 Å². The lowest BCUT2D eigenvalue weighted by Gasteiger charge is -2.14. The molecule has 0 fully saturated rings. The Labute approximate surface area is 233 Å². The molecule has 3 aromatic heterocycles. The summed E-state index contributed by atoms with van der Waals surface area (Å²) in [5, 5.41) is 15.9. The number of benzene rings is 6. The van der Waals surface area contributed by atoms with E-state index >= 15 is 0 Å². The Morgan fingerprint density at radius 3 is 1.78 bits per heavy atom. The summed E-state index contributed by atoms with van der Waals surface area (Å²) in [6.45, 7) is 0. The van der Waals surface area contributed by atoms with Crippen LogP contribution in [0.5, 0.6) is 0 Å². The molecule has 3 heterocycles. The molecular formula is C37H20N2O2. The van der Waals surface area contributed by atoms with Gasteiger partial charge in [-0.3, -0.25) is 0 Å². The first-order valence-electron chi connectivity index (χ1n) is 13.6. The van der Waals surface area contributed by atoms with Crippen molar-refractivity contribution >= 4 is 65.7 Å². The molecule has 4 heteroatoms. The molecule has 0 atom stereocenters. The largest absolute Gasteiger partial charge is 0.456 e. The van der Waals surface area contributed by atoms with Crippen LogP contribution in [0, 0.1) is 11.3 Å². The second-order valence-electron chi connectivity index (χ2n) is 10.5. The molecular weight excluding hydrogens is 504 g/mol. The van der Waals surface area contributed by atoms with Gasteiger partial charge in [0.05, 0.1) is 28.4 Å². The van der Waals surface area contributed by atoms with Crippen molar-refractivity contribution in [3.63, 3.8) is 0 Å². The van der Waals surface area contributed by atoms with E-state index in [-0.39, 0.29) is 0 Å². The third kappa shape index (κ3) is 3.09. The van der Waals surface area contributed by atoms with Crippen LogP contribution in [0.4, 0.5) is 0 Å². The Kier molecular flexibility index (Phi) is 4.37. The minimum Gasteiger partial charge on any atom is -0.456 e. The zero-order chi connectivity index (χ0) is 27.1. The second-order valence-corrected chi connectivity index (χ2v) is 10.5. The summed E-state index contributed by atoms with van der Waals surface area (Å²) in [6.07, 6.45) is 0. The van der Waals surface area contributed by atoms with Crippen LogP contribution in [0.25, 0.3) is 82.5 Å². The molecule has 9 rings (SSSR count). The lowest BCUT2D eigenvalue weighted by atomic mass is 10.00. The number of nitriles is 1. The van der Waals surface area contributed by atoms with Gasteiger partial charge in [0, 0.05) is 43.9 Å². The molecule has 0 bridgehead atoms. The zero-order valence-electron chi connectivity index (χ0n) is 21.8. The van der Waals surface area contributed by atoms with Crippen molar-refractivity contribution in [1.82, 2.24) is 4.57 Å². The lowest BCUT2D eigenvalue weighted by Crippen LogP contribution is -1.96. The summed E-state index contributed by atoms with van der Waals surface area (Å²) in [5.74, 6) is 0. The zero-order valence-corrected chi connectivity index (χ0v) is 21.8. The first-order valence-corrected chi connectivity index (χ1v) is 13.6. The predicted molar refractivity (Wildman–Crippen MR) is 165 cm³/mol. The van der Waals surface area contributed by atoms with Crippen LogP contribution in [0.3, 0.4) is 0 Å². The van der Waals surface area contributed by atoms with Crippen molar-refractivity contribution in [3.05, 3.63) is 127 Å². The summed E-state index contributed by atoms with van der Waals surface area (Å²) in [7, 11) is 0. The molecule has 0 aliphatic rings. The van der Waals surface area contributed by atoms with E-state index in [9.17, 15) is 5.26 Å². The van der Waals surface area contributed by atoms with Crippen molar-refractivity contribution in [2.45, 2.75) is 0 Å². The molecule has 6 aromatic carbocycles. The van der Waals surface area contributed by atoms with Gasteiger partial charge in [-0.25, -0.2) is 0 Å². The quantitative estimate of drug-likeness (QED) is 0.226. The minimum absolute atomic E-state index is 0.612. The van der Waals surface area contributed by atoms with Gasteiger partial charge in [-0.15, -0.1) is 0 Å². The predicted octanol–water partition coefficient (Wildman–Crippen LogP) is 10.1. The molecule has 0 radical (unpaired) electrons. The van der Waals surface area contributed by atoms with E-state index in [1.807, 2.05) is 18.2 Å². The maximum absolute atomic E-state index is 9.44. The molecule has 190 valence electrons. The van der Waals surface area contributed by atoms with E-state index in [0.717, 1.165) is 60.7 Å². The highest BCUT2D eigenvalue weighted by Crippen LogP contribution is 2.40.